The summed E-state index contributed by atoms with van der Waals surface area (Å²) in [6, 6.07) is 13.4. The van der Waals surface area contributed by atoms with E-state index in [1.54, 1.807) is 12.1 Å². The van der Waals surface area contributed by atoms with Gasteiger partial charge in [-0.25, -0.2) is 0 Å². The maximum absolute atomic E-state index is 13.2. The molecule has 4 rings (SSSR count). The molecule has 1 atom stereocenters. The lowest BCUT2D eigenvalue weighted by atomic mass is 9.76. The molecule has 1 N–H and O–H groups in total. The molecule has 0 aliphatic heterocycles. The van der Waals surface area contributed by atoms with Crippen molar-refractivity contribution in [3.8, 4) is 0 Å². The average molecular weight is 424 g/mol. The van der Waals surface area contributed by atoms with Gasteiger partial charge >= 0.3 is 0 Å². The number of ketones is 1. The zero-order chi connectivity index (χ0) is 21.1. The highest BCUT2D eigenvalue weighted by Gasteiger charge is 2.32. The lowest BCUT2D eigenvalue weighted by Gasteiger charge is -2.30. The van der Waals surface area contributed by atoms with Crippen LogP contribution in [0.15, 0.2) is 42.5 Å². The van der Waals surface area contributed by atoms with E-state index in [1.165, 1.54) is 11.1 Å². The number of carbonyl (C=O) groups is 2. The molecular formula is C26H30ClNO2. The van der Waals surface area contributed by atoms with Crippen LogP contribution in [0.1, 0.15) is 66.4 Å². The number of fused-ring (bicyclic) bond motifs is 1. The van der Waals surface area contributed by atoms with Gasteiger partial charge in [-0.05, 0) is 99.6 Å². The third-order valence-electron chi connectivity index (χ3n) is 6.97. The molecule has 0 heterocycles. The second-order valence-corrected chi connectivity index (χ2v) is 9.44. The first-order valence-corrected chi connectivity index (χ1v) is 11.6. The molecule has 0 spiro atoms. The van der Waals surface area contributed by atoms with Crippen molar-refractivity contribution in [2.24, 2.45) is 17.8 Å². The van der Waals surface area contributed by atoms with E-state index in [9.17, 15) is 9.59 Å². The molecule has 158 valence electrons. The van der Waals surface area contributed by atoms with Gasteiger partial charge in [0, 0.05) is 28.1 Å². The second-order valence-electron chi connectivity index (χ2n) is 9.00. The molecule has 0 aromatic heterocycles. The maximum Gasteiger partial charge on any atom is 0.227 e. The molecule has 0 saturated heterocycles. The summed E-state index contributed by atoms with van der Waals surface area (Å²) >= 11 is 5.91. The number of hydrogen-bond donors (Lipinski definition) is 1. The molecule has 0 bridgehead atoms. The fourth-order valence-electron chi connectivity index (χ4n) is 5.21. The van der Waals surface area contributed by atoms with Crippen molar-refractivity contribution in [1.82, 2.24) is 0 Å². The monoisotopic (exact) mass is 423 g/mol. The van der Waals surface area contributed by atoms with Gasteiger partial charge in [0.2, 0.25) is 5.91 Å². The molecule has 30 heavy (non-hydrogen) atoms. The Kier molecular flexibility index (Phi) is 6.58. The Labute approximate surface area is 184 Å². The van der Waals surface area contributed by atoms with Gasteiger partial charge in [-0.1, -0.05) is 29.8 Å². The fourth-order valence-corrected chi connectivity index (χ4v) is 5.33. The fraction of sp³-hybridized carbons (Fsp3) is 0.462. The smallest absolute Gasteiger partial charge is 0.227 e. The van der Waals surface area contributed by atoms with Crippen LogP contribution in [0.2, 0.25) is 5.02 Å². The van der Waals surface area contributed by atoms with Gasteiger partial charge in [-0.15, -0.1) is 0 Å². The number of rotatable bonds is 4. The van der Waals surface area contributed by atoms with Crippen LogP contribution in [0.5, 0.6) is 0 Å². The number of amides is 1. The van der Waals surface area contributed by atoms with Crippen molar-refractivity contribution in [3.05, 3.63) is 64.2 Å². The molecule has 3 nitrogen and oxygen atoms in total. The summed E-state index contributed by atoms with van der Waals surface area (Å²) in [5.41, 5.74) is 4.25. The number of Topliss-reactive ketones (excluding diaryl/α,β-unsaturated/α-hetero) is 1. The Morgan fingerprint density at radius 3 is 2.50 bits per heavy atom. The van der Waals surface area contributed by atoms with Crippen molar-refractivity contribution in [2.45, 2.75) is 58.3 Å². The van der Waals surface area contributed by atoms with Crippen LogP contribution in [-0.2, 0) is 11.2 Å². The zero-order valence-corrected chi connectivity index (χ0v) is 18.4. The molecule has 2 aliphatic rings. The minimum Gasteiger partial charge on any atom is -0.326 e. The first kappa shape index (κ1) is 21.1. The van der Waals surface area contributed by atoms with E-state index in [0.29, 0.717) is 16.7 Å². The second kappa shape index (κ2) is 9.34. The predicted octanol–water partition coefficient (Wildman–Crippen LogP) is 6.62. The summed E-state index contributed by atoms with van der Waals surface area (Å²) in [7, 11) is 0. The van der Waals surface area contributed by atoms with E-state index in [1.807, 2.05) is 24.3 Å². The van der Waals surface area contributed by atoms with Crippen molar-refractivity contribution in [1.29, 1.82) is 0 Å². The number of carbonyl (C=O) groups excluding carboxylic acids is 2. The first-order valence-electron chi connectivity index (χ1n) is 11.2. The van der Waals surface area contributed by atoms with Gasteiger partial charge in [0.15, 0.2) is 5.78 Å². The third-order valence-corrected chi connectivity index (χ3v) is 7.22. The Bertz CT molecular complexity index is 913. The van der Waals surface area contributed by atoms with Crippen LogP contribution in [0.3, 0.4) is 0 Å². The molecule has 4 heteroatoms. The van der Waals surface area contributed by atoms with E-state index in [4.69, 9.17) is 11.6 Å². The van der Waals surface area contributed by atoms with Crippen LogP contribution in [0.25, 0.3) is 0 Å². The number of aryl methyl sites for hydroxylation is 1. The molecule has 2 aromatic carbocycles. The minimum absolute atomic E-state index is 0.0603. The number of benzene rings is 2. The topological polar surface area (TPSA) is 46.2 Å². The summed E-state index contributed by atoms with van der Waals surface area (Å²) in [5, 5.41) is 3.68. The van der Waals surface area contributed by atoms with Crippen molar-refractivity contribution in [2.75, 3.05) is 5.32 Å². The van der Waals surface area contributed by atoms with E-state index in [-0.39, 0.29) is 17.7 Å². The van der Waals surface area contributed by atoms with E-state index >= 15 is 0 Å². The van der Waals surface area contributed by atoms with Crippen LogP contribution >= 0.6 is 11.6 Å². The third kappa shape index (κ3) is 4.78. The zero-order valence-electron chi connectivity index (χ0n) is 17.6. The standard InChI is InChI=1S/C26H30ClNO2/c1-17-4-2-7-24-23(17)6-3-5-20(25(24)29)16-18-8-10-19(11-9-18)26(30)28-22-14-12-21(27)13-15-22/h2,4,7,12-15,18-20H,3,5-6,8-11,16H2,1H3,(H,28,30). The van der Waals surface area contributed by atoms with Crippen molar-refractivity contribution in [3.63, 3.8) is 0 Å². The number of hydrogen-bond acceptors (Lipinski definition) is 2. The minimum atomic E-state index is 0.0603. The highest BCUT2D eigenvalue weighted by atomic mass is 35.5. The van der Waals surface area contributed by atoms with Crippen LogP contribution < -0.4 is 5.32 Å². The Balaban J connectivity index is 1.32. The van der Waals surface area contributed by atoms with Gasteiger partial charge in [-0.3, -0.25) is 9.59 Å². The predicted molar refractivity (Wildman–Crippen MR) is 122 cm³/mol. The summed E-state index contributed by atoms with van der Waals surface area (Å²) < 4.78 is 0. The molecular weight excluding hydrogens is 394 g/mol. The maximum atomic E-state index is 13.2. The Morgan fingerprint density at radius 1 is 1.03 bits per heavy atom. The van der Waals surface area contributed by atoms with E-state index < -0.39 is 0 Å². The lowest BCUT2D eigenvalue weighted by molar-refractivity contribution is -0.121. The quantitative estimate of drug-likeness (QED) is 0.561. The molecule has 1 amide bonds. The lowest BCUT2D eigenvalue weighted by Crippen LogP contribution is -2.28. The highest BCUT2D eigenvalue weighted by Crippen LogP contribution is 2.37. The normalized spacial score (nSPS) is 24.1. The van der Waals surface area contributed by atoms with Gasteiger partial charge in [0.25, 0.3) is 0 Å². The number of halogens is 1. The van der Waals surface area contributed by atoms with Gasteiger partial charge < -0.3 is 5.32 Å². The van der Waals surface area contributed by atoms with Crippen LogP contribution in [0, 0.1) is 24.7 Å². The Morgan fingerprint density at radius 2 is 1.77 bits per heavy atom. The van der Waals surface area contributed by atoms with E-state index in [0.717, 1.165) is 62.6 Å². The molecule has 2 aliphatic carbocycles. The molecule has 2 aromatic rings. The first-order chi connectivity index (χ1) is 14.5. The summed E-state index contributed by atoms with van der Waals surface area (Å²) in [6.07, 6.45) is 7.93. The number of anilines is 1. The van der Waals surface area contributed by atoms with Crippen molar-refractivity contribution < 1.29 is 9.59 Å². The summed E-state index contributed by atoms with van der Waals surface area (Å²) in [5.74, 6) is 1.19. The van der Waals surface area contributed by atoms with Gasteiger partial charge in [0.05, 0.1) is 0 Å². The highest BCUT2D eigenvalue weighted by molar-refractivity contribution is 6.30. The molecule has 1 unspecified atom stereocenters. The largest absolute Gasteiger partial charge is 0.326 e. The summed E-state index contributed by atoms with van der Waals surface area (Å²) in [4.78, 5) is 25.8. The van der Waals surface area contributed by atoms with E-state index in [2.05, 4.69) is 18.3 Å². The Hall–Kier alpha value is -2.13. The summed E-state index contributed by atoms with van der Waals surface area (Å²) in [6.45, 7) is 2.11. The van der Waals surface area contributed by atoms with Crippen LogP contribution in [-0.4, -0.2) is 11.7 Å². The molecule has 0 radical (unpaired) electrons. The van der Waals surface area contributed by atoms with Crippen LogP contribution in [0.4, 0.5) is 5.69 Å². The van der Waals surface area contributed by atoms with Crippen molar-refractivity contribution >= 4 is 29.0 Å². The SMILES string of the molecule is Cc1cccc2c1CCCC(CC1CCC(C(=O)Nc3ccc(Cl)cc3)CC1)C2=O. The van der Waals surface area contributed by atoms with Gasteiger partial charge in [0.1, 0.15) is 0 Å². The average Bonchev–Trinajstić information content (AvgIpc) is 2.90. The van der Waals surface area contributed by atoms with Gasteiger partial charge in [-0.2, -0.15) is 0 Å². The molecule has 1 fully saturated rings. The number of nitrogens with one attached hydrogen (secondary N) is 1. The molecule has 1 saturated carbocycles.